The van der Waals surface area contributed by atoms with Crippen molar-refractivity contribution in [2.24, 2.45) is 0 Å². The summed E-state index contributed by atoms with van der Waals surface area (Å²) >= 11 is 0. The number of aldehydes is 1. The SMILES string of the molecule is O=Cc1c(OCc2ccccc2)cccc1-c1cnn(S(=O)(=O)C2CC2)c1. The molecule has 1 saturated carbocycles. The number of hydrogen-bond acceptors (Lipinski definition) is 5. The third-order valence-electron chi connectivity index (χ3n) is 4.50. The lowest BCUT2D eigenvalue weighted by molar-refractivity contribution is 0.111. The van der Waals surface area contributed by atoms with E-state index in [1.165, 1.54) is 12.4 Å². The van der Waals surface area contributed by atoms with E-state index in [2.05, 4.69) is 5.10 Å². The molecule has 3 aromatic rings. The Morgan fingerprint density at radius 1 is 1.11 bits per heavy atom. The monoisotopic (exact) mass is 382 g/mol. The van der Waals surface area contributed by atoms with Gasteiger partial charge in [-0.15, -0.1) is 0 Å². The maximum atomic E-state index is 12.3. The molecule has 1 aliphatic rings. The lowest BCUT2D eigenvalue weighted by atomic mass is 10.0. The van der Waals surface area contributed by atoms with Crippen LogP contribution in [-0.2, 0) is 16.6 Å². The van der Waals surface area contributed by atoms with E-state index in [1.807, 2.05) is 30.3 Å². The van der Waals surface area contributed by atoms with Gasteiger partial charge in [-0.1, -0.05) is 42.5 Å². The van der Waals surface area contributed by atoms with E-state index in [4.69, 9.17) is 4.74 Å². The molecule has 4 rings (SSSR count). The second-order valence-electron chi connectivity index (χ2n) is 6.46. The first-order valence-electron chi connectivity index (χ1n) is 8.64. The molecule has 0 bridgehead atoms. The summed E-state index contributed by atoms with van der Waals surface area (Å²) in [5.74, 6) is 0.448. The molecule has 0 N–H and O–H groups in total. The van der Waals surface area contributed by atoms with Crippen LogP contribution in [0.1, 0.15) is 28.8 Å². The van der Waals surface area contributed by atoms with Crippen molar-refractivity contribution in [3.63, 3.8) is 0 Å². The number of carbonyl (C=O) groups excluding carboxylic acids is 1. The Labute approximate surface area is 157 Å². The van der Waals surface area contributed by atoms with Crippen LogP contribution in [0.25, 0.3) is 11.1 Å². The minimum atomic E-state index is -3.44. The van der Waals surface area contributed by atoms with Crippen LogP contribution in [0.2, 0.25) is 0 Å². The molecule has 6 nitrogen and oxygen atoms in total. The molecule has 1 aliphatic carbocycles. The second kappa shape index (κ2) is 7.00. The molecule has 0 amide bonds. The standard InChI is InChI=1S/C20H18N2O4S/c23-13-19-18(16-11-21-22(12-16)27(24,25)17-9-10-17)7-4-8-20(19)26-14-15-5-2-1-3-6-15/h1-8,11-13,17H,9-10,14H2. The third-order valence-corrected chi connectivity index (χ3v) is 6.53. The fraction of sp³-hybridized carbons (Fsp3) is 0.200. The number of nitrogens with zero attached hydrogens (tertiary/aromatic N) is 2. The molecule has 2 aromatic carbocycles. The van der Waals surface area contributed by atoms with Gasteiger partial charge in [-0.3, -0.25) is 4.79 Å². The fourth-order valence-electron chi connectivity index (χ4n) is 2.88. The van der Waals surface area contributed by atoms with E-state index < -0.39 is 10.0 Å². The highest BCUT2D eigenvalue weighted by Gasteiger charge is 2.37. The molecular formula is C20H18N2O4S. The van der Waals surface area contributed by atoms with Crippen molar-refractivity contribution in [3.8, 4) is 16.9 Å². The summed E-state index contributed by atoms with van der Waals surface area (Å²) in [7, 11) is -3.44. The van der Waals surface area contributed by atoms with Gasteiger partial charge < -0.3 is 4.74 Å². The maximum absolute atomic E-state index is 12.3. The molecule has 0 aliphatic heterocycles. The molecule has 0 saturated heterocycles. The van der Waals surface area contributed by atoms with E-state index in [1.54, 1.807) is 18.2 Å². The van der Waals surface area contributed by atoms with Crippen molar-refractivity contribution >= 4 is 16.3 Å². The molecule has 7 heteroatoms. The van der Waals surface area contributed by atoms with E-state index in [0.29, 0.717) is 41.9 Å². The summed E-state index contributed by atoms with van der Waals surface area (Å²) in [6, 6.07) is 14.9. The van der Waals surface area contributed by atoms with Crippen LogP contribution in [0.3, 0.4) is 0 Å². The van der Waals surface area contributed by atoms with E-state index in [-0.39, 0.29) is 5.25 Å². The molecule has 138 valence electrons. The fourth-order valence-corrected chi connectivity index (χ4v) is 4.36. The molecule has 0 radical (unpaired) electrons. The average molecular weight is 382 g/mol. The van der Waals surface area contributed by atoms with Gasteiger partial charge in [0.15, 0.2) is 6.29 Å². The summed E-state index contributed by atoms with van der Waals surface area (Å²) in [6.07, 6.45) is 4.97. The molecule has 0 unspecified atom stereocenters. The van der Waals surface area contributed by atoms with Gasteiger partial charge in [0.05, 0.1) is 23.2 Å². The zero-order chi connectivity index (χ0) is 18.9. The Balaban J connectivity index is 1.64. The summed E-state index contributed by atoms with van der Waals surface area (Å²) in [6.45, 7) is 0.334. The van der Waals surface area contributed by atoms with Crippen molar-refractivity contribution in [1.29, 1.82) is 0 Å². The van der Waals surface area contributed by atoms with Crippen molar-refractivity contribution in [2.75, 3.05) is 0 Å². The van der Waals surface area contributed by atoms with Crippen LogP contribution >= 0.6 is 0 Å². The number of aromatic nitrogens is 2. The highest BCUT2D eigenvalue weighted by atomic mass is 32.2. The number of ether oxygens (including phenoxy) is 1. The maximum Gasteiger partial charge on any atom is 0.256 e. The minimum absolute atomic E-state index is 0.334. The molecule has 0 spiro atoms. The summed E-state index contributed by atoms with van der Waals surface area (Å²) in [4.78, 5) is 11.7. The summed E-state index contributed by atoms with van der Waals surface area (Å²) in [5, 5.41) is 3.65. The van der Waals surface area contributed by atoms with Gasteiger partial charge in [-0.25, -0.2) is 8.42 Å². The van der Waals surface area contributed by atoms with Gasteiger partial charge in [0.25, 0.3) is 10.0 Å². The molecule has 0 atom stereocenters. The Kier molecular flexibility index (Phi) is 4.53. The Hall–Kier alpha value is -2.93. The predicted molar refractivity (Wildman–Crippen MR) is 101 cm³/mol. The van der Waals surface area contributed by atoms with Crippen molar-refractivity contribution in [3.05, 3.63) is 72.1 Å². The van der Waals surface area contributed by atoms with Crippen molar-refractivity contribution < 1.29 is 17.9 Å². The van der Waals surface area contributed by atoms with Gasteiger partial charge in [0.1, 0.15) is 12.4 Å². The molecule has 1 fully saturated rings. The molecular weight excluding hydrogens is 364 g/mol. The van der Waals surface area contributed by atoms with Crippen LogP contribution in [0, 0.1) is 0 Å². The highest BCUT2D eigenvalue weighted by molar-refractivity contribution is 7.90. The Morgan fingerprint density at radius 2 is 1.89 bits per heavy atom. The van der Waals surface area contributed by atoms with Gasteiger partial charge in [0, 0.05) is 5.56 Å². The largest absolute Gasteiger partial charge is 0.488 e. The van der Waals surface area contributed by atoms with E-state index in [9.17, 15) is 13.2 Å². The lowest BCUT2D eigenvalue weighted by Gasteiger charge is -2.11. The highest BCUT2D eigenvalue weighted by Crippen LogP contribution is 2.33. The Morgan fingerprint density at radius 3 is 2.59 bits per heavy atom. The van der Waals surface area contributed by atoms with Crippen LogP contribution in [0.15, 0.2) is 60.9 Å². The lowest BCUT2D eigenvalue weighted by Crippen LogP contribution is -2.17. The second-order valence-corrected chi connectivity index (χ2v) is 8.53. The Bertz CT molecular complexity index is 1070. The zero-order valence-electron chi connectivity index (χ0n) is 14.5. The topological polar surface area (TPSA) is 78.3 Å². The van der Waals surface area contributed by atoms with Crippen LogP contribution < -0.4 is 4.74 Å². The smallest absolute Gasteiger partial charge is 0.256 e. The molecule has 1 heterocycles. The van der Waals surface area contributed by atoms with Gasteiger partial charge in [-0.2, -0.15) is 9.19 Å². The third kappa shape index (κ3) is 3.50. The first kappa shape index (κ1) is 17.5. The average Bonchev–Trinajstić information content (AvgIpc) is 3.44. The van der Waals surface area contributed by atoms with Crippen LogP contribution in [0.4, 0.5) is 0 Å². The van der Waals surface area contributed by atoms with Gasteiger partial charge in [0.2, 0.25) is 0 Å². The first-order valence-corrected chi connectivity index (χ1v) is 10.1. The number of carbonyl (C=O) groups is 1. The normalized spacial score (nSPS) is 14.1. The van der Waals surface area contributed by atoms with E-state index in [0.717, 1.165) is 15.9 Å². The number of hydrogen-bond donors (Lipinski definition) is 0. The van der Waals surface area contributed by atoms with Crippen molar-refractivity contribution in [1.82, 2.24) is 9.19 Å². The summed E-state index contributed by atoms with van der Waals surface area (Å²) in [5.41, 5.74) is 2.51. The van der Waals surface area contributed by atoms with Crippen LogP contribution in [0.5, 0.6) is 5.75 Å². The number of benzene rings is 2. The minimum Gasteiger partial charge on any atom is -0.488 e. The van der Waals surface area contributed by atoms with Gasteiger partial charge in [-0.05, 0) is 30.0 Å². The summed E-state index contributed by atoms with van der Waals surface area (Å²) < 4.78 is 31.5. The predicted octanol–water partition coefficient (Wildman–Crippen LogP) is 3.28. The first-order chi connectivity index (χ1) is 13.1. The van der Waals surface area contributed by atoms with Crippen molar-refractivity contribution in [2.45, 2.75) is 24.7 Å². The quantitative estimate of drug-likeness (QED) is 0.586. The number of rotatable bonds is 7. The van der Waals surface area contributed by atoms with Crippen LogP contribution in [-0.4, -0.2) is 29.1 Å². The van der Waals surface area contributed by atoms with Gasteiger partial charge >= 0.3 is 0 Å². The van der Waals surface area contributed by atoms with E-state index >= 15 is 0 Å². The molecule has 27 heavy (non-hydrogen) atoms. The molecule has 1 aromatic heterocycles. The zero-order valence-corrected chi connectivity index (χ0v) is 15.3.